The number of carbonyl (C=O) groups is 3. The highest BCUT2D eigenvalue weighted by Crippen LogP contribution is 2.46. The lowest BCUT2D eigenvalue weighted by atomic mass is 9.91. The van der Waals surface area contributed by atoms with Crippen LogP contribution in [0.5, 0.6) is 0 Å². The maximum atomic E-state index is 13.0. The number of nitrogens with zero attached hydrogens (tertiary/aromatic N) is 10. The molecule has 12 aromatic heterocycles. The number of imidazole rings is 4. The van der Waals surface area contributed by atoms with Gasteiger partial charge in [0.2, 0.25) is 22.2 Å². The van der Waals surface area contributed by atoms with Gasteiger partial charge in [0.1, 0.15) is 0 Å². The molecule has 0 atom stereocenters. The van der Waals surface area contributed by atoms with E-state index in [0.29, 0.717) is 29.8 Å². The molecule has 0 unspecified atom stereocenters. The molecule has 2 aliphatic carbocycles. The fourth-order valence-corrected chi connectivity index (χ4v) is 17.3. The van der Waals surface area contributed by atoms with Crippen LogP contribution in [0, 0.1) is 20.8 Å². The number of aryl methyl sites for hydroxylation is 3. The summed E-state index contributed by atoms with van der Waals surface area (Å²) < 4.78 is 7.82. The van der Waals surface area contributed by atoms with Gasteiger partial charge in [0, 0.05) is 211 Å². The number of benzene rings is 7. The van der Waals surface area contributed by atoms with Crippen LogP contribution in [-0.2, 0) is 18.6 Å². The van der Waals surface area contributed by atoms with Gasteiger partial charge in [0.25, 0.3) is 17.7 Å². The Balaban J connectivity index is 0.000000117. The predicted octanol–water partition coefficient (Wildman–Crippen LogP) is 18.6. The first kappa shape index (κ1) is 88.7. The summed E-state index contributed by atoms with van der Waals surface area (Å²) in [7, 11) is 0. The van der Waals surface area contributed by atoms with Crippen molar-refractivity contribution < 1.29 is 14.4 Å². The van der Waals surface area contributed by atoms with E-state index >= 15 is 0 Å². The number of aromatic nitrogens is 12. The van der Waals surface area contributed by atoms with Gasteiger partial charge in [-0.2, -0.15) is 0 Å². The van der Waals surface area contributed by atoms with Crippen molar-refractivity contribution in [3.8, 4) is 45.0 Å². The third kappa shape index (κ3) is 20.4. The summed E-state index contributed by atoms with van der Waals surface area (Å²) in [6, 6.07) is 85.4. The molecule has 11 N–H and O–H groups in total. The molecule has 3 fully saturated rings. The van der Waals surface area contributed by atoms with E-state index in [1.807, 2.05) is 226 Å². The number of pyridine rings is 8. The molecule has 22 rings (SSSR count). The van der Waals surface area contributed by atoms with Crippen LogP contribution in [0.4, 0.5) is 51.2 Å². The Labute approximate surface area is 787 Å². The lowest BCUT2D eigenvalue weighted by Crippen LogP contribution is -2.52. The minimum absolute atomic E-state index is 0.0718. The van der Waals surface area contributed by atoms with E-state index in [-0.39, 0.29) is 45.5 Å². The number of amides is 3. The summed E-state index contributed by atoms with van der Waals surface area (Å²) in [5, 5.41) is 22.8. The Morgan fingerprint density at radius 2 is 0.693 bits per heavy atom. The summed E-state index contributed by atoms with van der Waals surface area (Å²) >= 11 is 0. The van der Waals surface area contributed by atoms with Crippen molar-refractivity contribution in [3.05, 3.63) is 433 Å². The third-order valence-corrected chi connectivity index (χ3v) is 25.3. The number of carbonyl (C=O) groups excluding carboxylic acids is 3. The van der Waals surface area contributed by atoms with Crippen molar-refractivity contribution >= 4 is 91.5 Å². The van der Waals surface area contributed by atoms with E-state index in [1.54, 1.807) is 98.1 Å². The van der Waals surface area contributed by atoms with Crippen LogP contribution in [0.15, 0.2) is 360 Å². The molecule has 2 saturated carbocycles. The molecular formula is C109H99N21O7. The van der Waals surface area contributed by atoms with Crippen LogP contribution in [0.3, 0.4) is 0 Å². The molecule has 28 heteroatoms. The molecule has 13 heterocycles. The largest absolute Gasteiger partial charge is 0.369 e. The van der Waals surface area contributed by atoms with Crippen LogP contribution in [0.1, 0.15) is 96.6 Å². The SMILES string of the molecule is Cc1ccc(C2(NC(=O)c3ccc(Nc4ccc(-c5cc[nH]c(=O)c5)n5ccnc45)cc3)CC2)cc1.Cc1ccccc1CNC(=O)c1ccc(Nc2ccc(-c3cc[nH]c(=O)c3)n3ccnc23)cc1.Cc1ccccc1CNC(=O)c1ccc(Nc2ccc(-c3cc[nH]c(=O)c3)n3ccnc23)cc1.O=c1cc(-c2ccc(Nc3ccc(N4CCN(C5CCC5)CC4)cc3)c3nccn23)cc[nH]1. The first-order chi connectivity index (χ1) is 66.9. The van der Waals surface area contributed by atoms with E-state index < -0.39 is 0 Å². The molecule has 7 aromatic carbocycles. The van der Waals surface area contributed by atoms with E-state index in [4.69, 9.17) is 0 Å². The Bertz CT molecular complexity index is 7620. The standard InChI is InChI=1S/C29H25N5O2.2C27H23N5O2.C26H28N6O/c1-19-2-6-22(7-3-19)29(13-14-29)33-28(36)20-4-8-23(9-5-20)32-24-10-11-25(34-17-16-31-27(24)34)21-12-15-30-26(35)18-21;2*1-18-4-2-3-5-21(18)17-30-27(34)19-6-8-22(9-7-19)31-23-10-11-24(32-15-14-29-26(23)32)20-12-13-28-25(33)16-20;33-25-18-19(10-11-27-25)24-9-8-23(26-28-12-13-32(24)26)29-20-4-6-22(7-5-20)31-16-14-30(15-17-31)21-2-1-3-21/h2-12,15-18,32H,13-14H2,1H3,(H,30,35)(H,33,36);2*2-16,31H,17H2,1H3,(H,28,33)(H,30,34);4-13,18,21,29H,1-3,14-17H2,(H,27,33). The van der Waals surface area contributed by atoms with Crippen molar-refractivity contribution in [3.63, 3.8) is 0 Å². The van der Waals surface area contributed by atoms with Gasteiger partial charge >= 0.3 is 0 Å². The average molecular weight is 1820 g/mol. The van der Waals surface area contributed by atoms with Crippen LogP contribution >= 0.6 is 0 Å². The number of hydrogen-bond acceptors (Lipinski definition) is 17. The number of rotatable bonds is 23. The number of nitrogens with one attached hydrogen (secondary N) is 11. The molecule has 0 spiro atoms. The molecule has 0 radical (unpaired) electrons. The fraction of sp³-hybridized carbons (Fsp3) is 0.147. The summed E-state index contributed by atoms with van der Waals surface area (Å²) in [5.74, 6) is -0.308. The Morgan fingerprint density at radius 3 is 1.01 bits per heavy atom. The quantitative estimate of drug-likeness (QED) is 0.0283. The molecule has 19 aromatic rings. The topological polar surface area (TPSA) is 343 Å². The van der Waals surface area contributed by atoms with Gasteiger partial charge in [-0.1, -0.05) is 84.8 Å². The minimum Gasteiger partial charge on any atom is -0.369 e. The van der Waals surface area contributed by atoms with Gasteiger partial charge in [-0.25, -0.2) is 19.9 Å². The van der Waals surface area contributed by atoms with E-state index in [2.05, 4.69) is 142 Å². The number of anilines is 9. The third-order valence-electron chi connectivity index (χ3n) is 25.3. The van der Waals surface area contributed by atoms with Crippen LogP contribution in [0.2, 0.25) is 0 Å². The van der Waals surface area contributed by atoms with Crippen molar-refractivity contribution in [1.29, 1.82) is 0 Å². The molecule has 137 heavy (non-hydrogen) atoms. The maximum absolute atomic E-state index is 13.0. The van der Waals surface area contributed by atoms with Crippen LogP contribution in [-0.4, -0.2) is 112 Å². The van der Waals surface area contributed by atoms with Gasteiger partial charge in [0.15, 0.2) is 22.6 Å². The average Bonchev–Trinajstić information content (AvgIpc) is 1.64. The zero-order valence-corrected chi connectivity index (χ0v) is 75.5. The minimum atomic E-state index is -0.251. The Hall–Kier alpha value is -17.5. The Kier molecular flexibility index (Phi) is 25.8. The van der Waals surface area contributed by atoms with Crippen LogP contribution < -0.4 is 64.4 Å². The van der Waals surface area contributed by atoms with Gasteiger partial charge in [-0.3, -0.25) is 56.1 Å². The van der Waals surface area contributed by atoms with Crippen molar-refractivity contribution in [2.24, 2.45) is 0 Å². The summed E-state index contributed by atoms with van der Waals surface area (Å²) in [5.41, 5.74) is 25.9. The fourth-order valence-electron chi connectivity index (χ4n) is 17.3. The Morgan fingerprint density at radius 1 is 0.365 bits per heavy atom. The molecule has 3 aliphatic rings. The second-order valence-corrected chi connectivity index (χ2v) is 34.3. The number of piperazine rings is 1. The molecular weight excluding hydrogens is 1720 g/mol. The van der Waals surface area contributed by atoms with Crippen molar-refractivity contribution in [2.45, 2.75) is 77.5 Å². The second-order valence-electron chi connectivity index (χ2n) is 34.3. The number of H-pyrrole nitrogens is 4. The molecule has 0 bridgehead atoms. The molecule has 682 valence electrons. The van der Waals surface area contributed by atoms with Gasteiger partial charge in [0.05, 0.1) is 51.1 Å². The maximum Gasteiger partial charge on any atom is 0.251 e. The first-order valence-electron chi connectivity index (χ1n) is 45.6. The second kappa shape index (κ2) is 39.9. The van der Waals surface area contributed by atoms with Crippen LogP contribution in [0.25, 0.3) is 67.6 Å². The van der Waals surface area contributed by atoms with E-state index in [1.165, 1.54) is 43.6 Å². The highest BCUT2D eigenvalue weighted by atomic mass is 16.2. The normalized spacial score (nSPS) is 13.2. The zero-order chi connectivity index (χ0) is 93.9. The highest BCUT2D eigenvalue weighted by molar-refractivity contribution is 5.97. The lowest BCUT2D eigenvalue weighted by molar-refractivity contribution is 0.0926. The van der Waals surface area contributed by atoms with Gasteiger partial charge in [-0.05, 0) is 244 Å². The molecule has 3 amide bonds. The van der Waals surface area contributed by atoms with Gasteiger partial charge < -0.3 is 62.1 Å². The molecule has 1 aliphatic heterocycles. The molecule has 28 nitrogen and oxygen atoms in total. The zero-order valence-electron chi connectivity index (χ0n) is 75.5. The highest BCUT2D eigenvalue weighted by Gasteiger charge is 2.46. The molecule has 1 saturated heterocycles. The van der Waals surface area contributed by atoms with E-state index in [9.17, 15) is 33.6 Å². The predicted molar refractivity (Wildman–Crippen MR) is 540 cm³/mol. The van der Waals surface area contributed by atoms with Crippen molar-refractivity contribution in [2.75, 3.05) is 52.3 Å². The number of aromatic amines is 4. The number of hydrogen-bond donors (Lipinski definition) is 11. The van der Waals surface area contributed by atoms with Crippen molar-refractivity contribution in [1.82, 2.24) is 78.3 Å². The lowest BCUT2D eigenvalue weighted by Gasteiger charge is -2.43. The monoisotopic (exact) mass is 1810 g/mol. The summed E-state index contributed by atoms with van der Waals surface area (Å²) in [6.07, 6.45) is 27.1. The summed E-state index contributed by atoms with van der Waals surface area (Å²) in [4.78, 5) is 119. The number of fused-ring (bicyclic) bond motifs is 4. The van der Waals surface area contributed by atoms with Gasteiger partial charge in [-0.15, -0.1) is 0 Å². The van der Waals surface area contributed by atoms with E-state index in [0.717, 1.165) is 173 Å². The smallest absolute Gasteiger partial charge is 0.251 e. The first-order valence-corrected chi connectivity index (χ1v) is 45.6. The summed E-state index contributed by atoms with van der Waals surface area (Å²) in [6.45, 7) is 11.6.